The van der Waals surface area contributed by atoms with Crippen LogP contribution in [0.25, 0.3) is 22.4 Å². The lowest BCUT2D eigenvalue weighted by molar-refractivity contribution is -0.117. The predicted molar refractivity (Wildman–Crippen MR) is 102 cm³/mol. The van der Waals surface area contributed by atoms with Gasteiger partial charge in [-0.2, -0.15) is 4.80 Å². The number of hydrogen-bond donors (Lipinski definition) is 2. The number of H-pyrrole nitrogens is 1. The molecule has 27 heavy (non-hydrogen) atoms. The second kappa shape index (κ2) is 6.64. The molecule has 0 bridgehead atoms. The van der Waals surface area contributed by atoms with E-state index in [9.17, 15) is 4.79 Å². The highest BCUT2D eigenvalue weighted by molar-refractivity contribution is 5.92. The van der Waals surface area contributed by atoms with Crippen molar-refractivity contribution in [2.45, 2.75) is 27.3 Å². The number of benzene rings is 2. The quantitative estimate of drug-likeness (QED) is 0.582. The minimum Gasteiger partial charge on any atom is -0.342 e. The molecule has 1 amide bonds. The summed E-state index contributed by atoms with van der Waals surface area (Å²) >= 11 is 0. The van der Waals surface area contributed by atoms with E-state index in [1.54, 1.807) is 0 Å². The molecule has 2 N–H and O–H groups in total. The first-order chi connectivity index (χ1) is 13.0. The molecule has 8 nitrogen and oxygen atoms in total. The van der Waals surface area contributed by atoms with Crippen LogP contribution in [-0.4, -0.2) is 36.1 Å². The van der Waals surface area contributed by atoms with Gasteiger partial charge in [0.15, 0.2) is 0 Å². The first-order valence-corrected chi connectivity index (χ1v) is 8.60. The van der Waals surface area contributed by atoms with E-state index in [4.69, 9.17) is 0 Å². The lowest BCUT2D eigenvalue weighted by Gasteiger charge is -2.10. The van der Waals surface area contributed by atoms with Gasteiger partial charge < -0.3 is 10.3 Å². The Hall–Kier alpha value is -3.55. The van der Waals surface area contributed by atoms with Crippen LogP contribution < -0.4 is 5.32 Å². The second-order valence-corrected chi connectivity index (χ2v) is 6.51. The summed E-state index contributed by atoms with van der Waals surface area (Å²) in [5.74, 6) is 1.11. The monoisotopic (exact) mass is 361 g/mol. The molecular formula is C19H19N7O. The van der Waals surface area contributed by atoms with Crippen LogP contribution in [0.15, 0.2) is 36.4 Å². The number of anilines is 1. The van der Waals surface area contributed by atoms with Crippen LogP contribution in [0.4, 0.5) is 5.69 Å². The van der Waals surface area contributed by atoms with Crippen LogP contribution in [0.3, 0.4) is 0 Å². The van der Waals surface area contributed by atoms with E-state index < -0.39 is 0 Å². The molecule has 2 heterocycles. The van der Waals surface area contributed by atoms with Crippen molar-refractivity contribution in [3.63, 3.8) is 0 Å². The highest BCUT2D eigenvalue weighted by atomic mass is 16.2. The number of fused-ring (bicyclic) bond motifs is 1. The third kappa shape index (κ3) is 3.41. The molecule has 0 spiro atoms. The smallest absolute Gasteiger partial charge is 0.248 e. The number of carbonyl (C=O) groups is 1. The normalized spacial score (nSPS) is 11.1. The third-order valence-corrected chi connectivity index (χ3v) is 4.34. The molecule has 136 valence electrons. The summed E-state index contributed by atoms with van der Waals surface area (Å²) in [4.78, 5) is 21.2. The number of aromatic nitrogens is 6. The maximum absolute atomic E-state index is 12.4. The molecule has 0 atom stereocenters. The van der Waals surface area contributed by atoms with Crippen molar-refractivity contribution in [1.29, 1.82) is 0 Å². The Balaban J connectivity index is 1.51. The maximum atomic E-state index is 12.4. The Kier molecular flexibility index (Phi) is 4.15. The maximum Gasteiger partial charge on any atom is 0.248 e. The molecule has 0 saturated heterocycles. The molecule has 4 rings (SSSR count). The van der Waals surface area contributed by atoms with Gasteiger partial charge in [0.1, 0.15) is 12.4 Å². The lowest BCUT2D eigenvalue weighted by Crippen LogP contribution is -2.21. The van der Waals surface area contributed by atoms with Gasteiger partial charge in [0, 0.05) is 11.3 Å². The summed E-state index contributed by atoms with van der Waals surface area (Å²) in [6.07, 6.45) is 0. The number of nitrogens with zero attached hydrogens (tertiary/aromatic N) is 5. The predicted octanol–water partition coefficient (Wildman–Crippen LogP) is 2.78. The number of imidazole rings is 1. The number of nitrogens with one attached hydrogen (secondary N) is 2. The van der Waals surface area contributed by atoms with Gasteiger partial charge in [0.05, 0.1) is 11.0 Å². The van der Waals surface area contributed by atoms with Crippen LogP contribution >= 0.6 is 0 Å². The minimum absolute atomic E-state index is 0.00775. The molecule has 0 aliphatic heterocycles. The number of tetrazole rings is 1. The highest BCUT2D eigenvalue weighted by Gasteiger charge is 2.12. The molecule has 0 radical (unpaired) electrons. The zero-order chi connectivity index (χ0) is 19.0. The van der Waals surface area contributed by atoms with Gasteiger partial charge in [-0.25, -0.2) is 4.98 Å². The topological polar surface area (TPSA) is 101 Å². The standard InChI is InChI=1S/C19H19N7O/c1-11-5-4-6-12(2)18(11)22-17(27)10-26-24-19(23-25-26)14-7-8-15-16(9-14)21-13(3)20-15/h4-9H,10H2,1-3H3,(H,20,21)(H,22,27). The van der Waals surface area contributed by atoms with Crippen molar-refractivity contribution in [1.82, 2.24) is 30.2 Å². The number of carbonyl (C=O) groups excluding carboxylic acids is 1. The largest absolute Gasteiger partial charge is 0.342 e. The zero-order valence-corrected chi connectivity index (χ0v) is 15.3. The summed E-state index contributed by atoms with van der Waals surface area (Å²) in [5.41, 5.74) is 5.46. The van der Waals surface area contributed by atoms with Crippen LogP contribution in [-0.2, 0) is 11.3 Å². The van der Waals surface area contributed by atoms with Gasteiger partial charge in [-0.05, 0) is 55.3 Å². The van der Waals surface area contributed by atoms with Gasteiger partial charge in [-0.15, -0.1) is 10.2 Å². The first-order valence-electron chi connectivity index (χ1n) is 8.60. The van der Waals surface area contributed by atoms with Gasteiger partial charge in [-0.3, -0.25) is 4.79 Å². The van der Waals surface area contributed by atoms with Crippen LogP contribution in [0.1, 0.15) is 17.0 Å². The van der Waals surface area contributed by atoms with E-state index in [2.05, 4.69) is 30.7 Å². The van der Waals surface area contributed by atoms with Crippen molar-refractivity contribution < 1.29 is 4.79 Å². The van der Waals surface area contributed by atoms with E-state index >= 15 is 0 Å². The third-order valence-electron chi connectivity index (χ3n) is 4.34. The Morgan fingerprint density at radius 1 is 1.15 bits per heavy atom. The van der Waals surface area contributed by atoms with E-state index in [0.717, 1.165) is 39.2 Å². The van der Waals surface area contributed by atoms with E-state index in [1.165, 1.54) is 4.80 Å². The van der Waals surface area contributed by atoms with E-state index in [0.29, 0.717) is 5.82 Å². The zero-order valence-electron chi connectivity index (χ0n) is 15.3. The van der Waals surface area contributed by atoms with Gasteiger partial charge in [-0.1, -0.05) is 18.2 Å². The Bertz CT molecular complexity index is 1120. The first kappa shape index (κ1) is 16.9. The molecular weight excluding hydrogens is 342 g/mol. The molecule has 0 aliphatic carbocycles. The second-order valence-electron chi connectivity index (χ2n) is 6.51. The summed E-state index contributed by atoms with van der Waals surface area (Å²) in [7, 11) is 0. The minimum atomic E-state index is -0.198. The summed E-state index contributed by atoms with van der Waals surface area (Å²) in [5, 5.41) is 15.3. The average molecular weight is 361 g/mol. The Morgan fingerprint density at radius 3 is 2.70 bits per heavy atom. The Morgan fingerprint density at radius 2 is 1.93 bits per heavy atom. The number of rotatable bonds is 4. The number of amides is 1. The Labute approximate surface area is 155 Å². The number of aryl methyl sites for hydroxylation is 3. The molecule has 0 aliphatic rings. The van der Waals surface area contributed by atoms with Crippen molar-refractivity contribution in [3.8, 4) is 11.4 Å². The van der Waals surface area contributed by atoms with Crippen molar-refractivity contribution in [3.05, 3.63) is 53.3 Å². The lowest BCUT2D eigenvalue weighted by atomic mass is 10.1. The fourth-order valence-corrected chi connectivity index (χ4v) is 3.02. The fourth-order valence-electron chi connectivity index (χ4n) is 3.02. The molecule has 4 aromatic rings. The molecule has 2 aromatic heterocycles. The molecule has 2 aromatic carbocycles. The van der Waals surface area contributed by atoms with Crippen LogP contribution in [0.2, 0.25) is 0 Å². The summed E-state index contributed by atoms with van der Waals surface area (Å²) < 4.78 is 0. The number of aromatic amines is 1. The van der Waals surface area contributed by atoms with Crippen LogP contribution in [0, 0.1) is 20.8 Å². The fraction of sp³-hybridized carbons (Fsp3) is 0.211. The van der Waals surface area contributed by atoms with Crippen LogP contribution in [0.5, 0.6) is 0 Å². The van der Waals surface area contributed by atoms with E-state index in [1.807, 2.05) is 57.2 Å². The van der Waals surface area contributed by atoms with Gasteiger partial charge in [0.25, 0.3) is 0 Å². The van der Waals surface area contributed by atoms with E-state index in [-0.39, 0.29) is 12.5 Å². The summed E-state index contributed by atoms with van der Waals surface area (Å²) in [6.45, 7) is 5.82. The molecule has 0 saturated carbocycles. The molecule has 0 fully saturated rings. The number of para-hydroxylation sites is 1. The average Bonchev–Trinajstić information content (AvgIpc) is 3.23. The van der Waals surface area contributed by atoms with Crippen molar-refractivity contribution in [2.24, 2.45) is 0 Å². The van der Waals surface area contributed by atoms with Gasteiger partial charge in [0.2, 0.25) is 11.7 Å². The highest BCUT2D eigenvalue weighted by Crippen LogP contribution is 2.21. The van der Waals surface area contributed by atoms with Crippen molar-refractivity contribution >= 4 is 22.6 Å². The summed E-state index contributed by atoms with van der Waals surface area (Å²) in [6, 6.07) is 11.6. The SMILES string of the molecule is Cc1nc2ccc(-c3nnn(CC(=O)Nc4c(C)cccc4C)n3)cc2[nH]1. The van der Waals surface area contributed by atoms with Crippen molar-refractivity contribution in [2.75, 3.05) is 5.32 Å². The van der Waals surface area contributed by atoms with Gasteiger partial charge >= 0.3 is 0 Å². The molecule has 0 unspecified atom stereocenters. The number of hydrogen-bond acceptors (Lipinski definition) is 5. The molecule has 8 heteroatoms.